The summed E-state index contributed by atoms with van der Waals surface area (Å²) in [6.07, 6.45) is 3.71. The van der Waals surface area contributed by atoms with Gasteiger partial charge in [-0.2, -0.15) is 0 Å². The van der Waals surface area contributed by atoms with Crippen LogP contribution in [-0.2, 0) is 16.1 Å². The molecular weight excluding hydrogens is 272 g/mol. The van der Waals surface area contributed by atoms with E-state index in [1.165, 1.54) is 26.4 Å². The van der Waals surface area contributed by atoms with E-state index in [0.29, 0.717) is 12.5 Å². The van der Waals surface area contributed by atoms with Gasteiger partial charge < -0.3 is 9.84 Å². The van der Waals surface area contributed by atoms with Gasteiger partial charge in [-0.05, 0) is 53.4 Å². The highest BCUT2D eigenvalue weighted by Crippen LogP contribution is 2.72. The van der Waals surface area contributed by atoms with E-state index in [9.17, 15) is 4.79 Å². The normalized spacial score (nSPS) is 37.5. The van der Waals surface area contributed by atoms with Crippen LogP contribution in [-0.4, -0.2) is 44.5 Å². The molecule has 2 bridgehead atoms. The van der Waals surface area contributed by atoms with E-state index in [2.05, 4.69) is 15.5 Å². The van der Waals surface area contributed by atoms with E-state index >= 15 is 0 Å². The minimum atomic E-state index is -0.863. The first-order chi connectivity index (χ1) is 10.2. The van der Waals surface area contributed by atoms with E-state index in [-0.39, 0.29) is 12.5 Å². The molecule has 0 amide bonds. The molecule has 1 aromatic rings. The summed E-state index contributed by atoms with van der Waals surface area (Å²) in [6, 6.07) is 0. The molecule has 1 aromatic heterocycles. The van der Waals surface area contributed by atoms with Gasteiger partial charge in [0.15, 0.2) is 5.82 Å². The average Bonchev–Trinajstić information content (AvgIpc) is 2.86. The molecule has 3 saturated carbocycles. The number of carboxylic acid groups (broad SMARTS) is 1. The highest BCUT2D eigenvalue weighted by Gasteiger charge is 2.66. The van der Waals surface area contributed by atoms with Gasteiger partial charge in [0.2, 0.25) is 0 Å². The van der Waals surface area contributed by atoms with Gasteiger partial charge in [0, 0.05) is 13.0 Å². The number of carbonyl (C=O) groups is 1. The summed E-state index contributed by atoms with van der Waals surface area (Å²) in [5, 5.41) is 21.0. The number of nitrogens with zero attached hydrogens (tertiary/aromatic N) is 4. The summed E-state index contributed by atoms with van der Waals surface area (Å²) >= 11 is 0. The maximum atomic E-state index is 10.8. The Balaban J connectivity index is 1.49. The fourth-order valence-electron chi connectivity index (χ4n) is 4.86. The number of aromatic nitrogens is 4. The Kier molecular flexibility index (Phi) is 2.99. The van der Waals surface area contributed by atoms with Crippen molar-refractivity contribution in [3.05, 3.63) is 5.82 Å². The first kappa shape index (κ1) is 13.2. The molecule has 7 heteroatoms. The van der Waals surface area contributed by atoms with Gasteiger partial charge in [-0.15, -0.1) is 5.10 Å². The number of hydrogen-bond acceptors (Lipinski definition) is 5. The Hall–Kier alpha value is -1.50. The predicted octanol–water partition coefficient (Wildman–Crippen LogP) is 0.922. The Morgan fingerprint density at radius 2 is 2.14 bits per heavy atom. The number of carboxylic acids is 1. The molecule has 0 spiro atoms. The van der Waals surface area contributed by atoms with Crippen LogP contribution in [0, 0.1) is 23.7 Å². The highest BCUT2D eigenvalue weighted by atomic mass is 16.5. The maximum absolute atomic E-state index is 10.8. The van der Waals surface area contributed by atoms with Crippen LogP contribution >= 0.6 is 0 Å². The van der Waals surface area contributed by atoms with Crippen molar-refractivity contribution in [2.24, 2.45) is 23.7 Å². The molecule has 3 aliphatic rings. The van der Waals surface area contributed by atoms with Crippen LogP contribution in [0.1, 0.15) is 37.4 Å². The lowest BCUT2D eigenvalue weighted by Crippen LogP contribution is -2.24. The molecule has 7 nitrogen and oxygen atoms in total. The third-order valence-electron chi connectivity index (χ3n) is 5.71. The molecule has 0 aliphatic heterocycles. The van der Waals surface area contributed by atoms with Gasteiger partial charge in [-0.3, -0.25) is 4.79 Å². The molecule has 5 unspecified atom stereocenters. The monoisotopic (exact) mass is 292 g/mol. The molecule has 5 atom stereocenters. The number of ether oxygens (including phenoxy) is 1. The molecule has 1 N–H and O–H groups in total. The second-order valence-corrected chi connectivity index (χ2v) is 6.69. The Morgan fingerprint density at radius 1 is 1.43 bits per heavy atom. The molecule has 0 radical (unpaired) electrons. The fraction of sp³-hybridized carbons (Fsp3) is 0.857. The molecule has 0 aromatic carbocycles. The topological polar surface area (TPSA) is 90.1 Å². The van der Waals surface area contributed by atoms with Crippen molar-refractivity contribution in [3.63, 3.8) is 0 Å². The highest BCUT2D eigenvalue weighted by molar-refractivity contribution is 5.67. The maximum Gasteiger partial charge on any atom is 0.306 e. The molecule has 114 valence electrons. The van der Waals surface area contributed by atoms with E-state index in [1.807, 2.05) is 0 Å². The molecule has 3 fully saturated rings. The Morgan fingerprint density at radius 3 is 2.76 bits per heavy atom. The van der Waals surface area contributed by atoms with Crippen LogP contribution in [0.25, 0.3) is 0 Å². The summed E-state index contributed by atoms with van der Waals surface area (Å²) in [7, 11) is 1.53. The zero-order chi connectivity index (χ0) is 14.6. The van der Waals surface area contributed by atoms with Crippen LogP contribution in [0.4, 0.5) is 0 Å². The summed E-state index contributed by atoms with van der Waals surface area (Å²) in [5.74, 6) is 3.85. The zero-order valence-electron chi connectivity index (χ0n) is 12.1. The summed E-state index contributed by atoms with van der Waals surface area (Å²) < 4.78 is 7.00. The molecular formula is C14H20N4O3. The van der Waals surface area contributed by atoms with Crippen molar-refractivity contribution in [2.45, 2.75) is 44.2 Å². The minimum Gasteiger partial charge on any atom is -0.481 e. The summed E-state index contributed by atoms with van der Waals surface area (Å²) in [4.78, 5) is 10.8. The quantitative estimate of drug-likeness (QED) is 0.838. The van der Waals surface area contributed by atoms with Crippen molar-refractivity contribution in [1.29, 1.82) is 0 Å². The van der Waals surface area contributed by atoms with Gasteiger partial charge in [-0.25, -0.2) is 4.68 Å². The number of rotatable bonds is 6. The van der Waals surface area contributed by atoms with E-state index in [4.69, 9.17) is 9.84 Å². The molecule has 21 heavy (non-hydrogen) atoms. The van der Waals surface area contributed by atoms with Crippen LogP contribution in [0.2, 0.25) is 0 Å². The molecule has 0 saturated heterocycles. The summed E-state index contributed by atoms with van der Waals surface area (Å²) in [5.41, 5.74) is 0. The third-order valence-corrected chi connectivity index (χ3v) is 5.71. The molecule has 1 heterocycles. The van der Waals surface area contributed by atoms with Gasteiger partial charge in [0.1, 0.15) is 0 Å². The Labute approximate surface area is 122 Å². The van der Waals surface area contributed by atoms with Crippen molar-refractivity contribution >= 4 is 5.97 Å². The number of tetrazole rings is 1. The van der Waals surface area contributed by atoms with Crippen molar-refractivity contribution < 1.29 is 14.6 Å². The fourth-order valence-corrected chi connectivity index (χ4v) is 4.86. The molecule has 3 aliphatic carbocycles. The van der Waals surface area contributed by atoms with Crippen molar-refractivity contribution in [1.82, 2.24) is 20.2 Å². The van der Waals surface area contributed by atoms with Crippen molar-refractivity contribution in [2.75, 3.05) is 7.11 Å². The largest absolute Gasteiger partial charge is 0.481 e. The zero-order valence-corrected chi connectivity index (χ0v) is 12.1. The SMILES string of the molecule is COC(CC(=O)O)Cn1nnnc1C1C2C3CCC(C3)C12. The number of hydrogen-bond donors (Lipinski definition) is 1. The van der Waals surface area contributed by atoms with Gasteiger partial charge in [0.05, 0.1) is 19.1 Å². The lowest BCUT2D eigenvalue weighted by Gasteiger charge is -2.14. The minimum absolute atomic E-state index is 0.0292. The van der Waals surface area contributed by atoms with E-state index in [0.717, 1.165) is 29.5 Å². The van der Waals surface area contributed by atoms with Crippen LogP contribution in [0.3, 0.4) is 0 Å². The number of methoxy groups -OCH3 is 1. The van der Waals surface area contributed by atoms with E-state index in [1.54, 1.807) is 4.68 Å². The van der Waals surface area contributed by atoms with Crippen LogP contribution in [0.5, 0.6) is 0 Å². The lowest BCUT2D eigenvalue weighted by atomic mass is 10.0. The Bertz CT molecular complexity index is 544. The van der Waals surface area contributed by atoms with Gasteiger partial charge >= 0.3 is 5.97 Å². The first-order valence-corrected chi connectivity index (χ1v) is 7.69. The first-order valence-electron chi connectivity index (χ1n) is 7.69. The average molecular weight is 292 g/mol. The predicted molar refractivity (Wildman–Crippen MR) is 71.4 cm³/mol. The van der Waals surface area contributed by atoms with Crippen LogP contribution < -0.4 is 0 Å². The second kappa shape index (κ2) is 4.76. The van der Waals surface area contributed by atoms with Crippen LogP contribution in [0.15, 0.2) is 0 Å². The lowest BCUT2D eigenvalue weighted by molar-refractivity contribution is -0.140. The van der Waals surface area contributed by atoms with Gasteiger partial charge in [0.25, 0.3) is 0 Å². The number of aliphatic carboxylic acids is 1. The summed E-state index contributed by atoms with van der Waals surface area (Å²) in [6.45, 7) is 0.413. The van der Waals surface area contributed by atoms with Gasteiger partial charge in [-0.1, -0.05) is 0 Å². The standard InChI is InChI=1S/C14H20N4O3/c1-21-9(5-10(19)20)6-18-14(15-16-17-18)13-11-7-2-3-8(4-7)12(11)13/h7-9,11-13H,2-6H2,1H3,(H,19,20). The second-order valence-electron chi connectivity index (χ2n) is 6.69. The van der Waals surface area contributed by atoms with E-state index < -0.39 is 5.97 Å². The molecule has 4 rings (SSSR count). The smallest absolute Gasteiger partial charge is 0.306 e. The van der Waals surface area contributed by atoms with Crippen molar-refractivity contribution in [3.8, 4) is 0 Å². The number of fused-ring (bicyclic) bond motifs is 5. The third kappa shape index (κ3) is 2.06.